The zero-order valence-corrected chi connectivity index (χ0v) is 12.1. The minimum atomic E-state index is 0.691. The summed E-state index contributed by atoms with van der Waals surface area (Å²) in [6, 6.07) is 0.691. The molecule has 0 aromatic carbocycles. The van der Waals surface area contributed by atoms with E-state index < -0.39 is 0 Å². The maximum Gasteiger partial charge on any atom is 0.0587 e. The Morgan fingerprint density at radius 3 is 2.69 bits per heavy atom. The van der Waals surface area contributed by atoms with Crippen molar-refractivity contribution in [2.45, 2.75) is 25.8 Å². The molecular weight excluding hydrogens is 220 g/mol. The second-order valence-corrected chi connectivity index (χ2v) is 5.15. The maximum absolute atomic E-state index is 4.97. The van der Waals surface area contributed by atoms with Crippen LogP contribution in [0.15, 0.2) is 0 Å². The minimum Gasteiger partial charge on any atom is -0.383 e. The maximum atomic E-state index is 4.97. The number of hydrogen-bond donors (Lipinski definition) is 1. The van der Waals surface area contributed by atoms with Gasteiger partial charge in [0.15, 0.2) is 0 Å². The Bertz CT molecular complexity index is 147. The molecule has 0 aromatic heterocycles. The van der Waals surface area contributed by atoms with E-state index in [1.807, 2.05) is 11.8 Å². The third-order valence-electron chi connectivity index (χ3n) is 2.76. The lowest BCUT2D eigenvalue weighted by atomic mass is 10.2. The van der Waals surface area contributed by atoms with Crippen molar-refractivity contribution in [3.63, 3.8) is 0 Å². The minimum absolute atomic E-state index is 0.691. The van der Waals surface area contributed by atoms with Crippen LogP contribution in [0.1, 0.15) is 19.8 Å². The standard InChI is InChI=1S/C12H28N2OS/c1-12(11-16-4)14(2)9-6-5-7-13-8-10-15-3/h12-13H,5-11H2,1-4H3. The first-order valence-electron chi connectivity index (χ1n) is 6.11. The van der Waals surface area contributed by atoms with Crippen LogP contribution in [0.4, 0.5) is 0 Å². The summed E-state index contributed by atoms with van der Waals surface area (Å²) in [5.74, 6) is 1.22. The highest BCUT2D eigenvalue weighted by Gasteiger charge is 2.06. The van der Waals surface area contributed by atoms with E-state index in [9.17, 15) is 0 Å². The van der Waals surface area contributed by atoms with Gasteiger partial charge in [-0.2, -0.15) is 11.8 Å². The van der Waals surface area contributed by atoms with Gasteiger partial charge in [-0.15, -0.1) is 0 Å². The molecule has 16 heavy (non-hydrogen) atoms. The van der Waals surface area contributed by atoms with E-state index in [-0.39, 0.29) is 0 Å². The molecule has 0 aromatic rings. The summed E-state index contributed by atoms with van der Waals surface area (Å²) in [7, 11) is 3.96. The van der Waals surface area contributed by atoms with Gasteiger partial charge in [-0.1, -0.05) is 0 Å². The summed E-state index contributed by atoms with van der Waals surface area (Å²) in [5.41, 5.74) is 0. The second kappa shape index (κ2) is 11.7. The molecule has 0 spiro atoms. The molecule has 0 aliphatic rings. The van der Waals surface area contributed by atoms with Gasteiger partial charge in [-0.05, 0) is 46.2 Å². The fraction of sp³-hybridized carbons (Fsp3) is 1.00. The van der Waals surface area contributed by atoms with Crippen LogP contribution in [0.2, 0.25) is 0 Å². The van der Waals surface area contributed by atoms with Gasteiger partial charge in [-0.3, -0.25) is 0 Å². The SMILES string of the molecule is COCCNCCCCN(C)C(C)CSC. The first-order valence-corrected chi connectivity index (χ1v) is 7.50. The predicted molar refractivity (Wildman–Crippen MR) is 74.5 cm³/mol. The molecule has 0 fully saturated rings. The van der Waals surface area contributed by atoms with Gasteiger partial charge in [0.2, 0.25) is 0 Å². The van der Waals surface area contributed by atoms with Gasteiger partial charge >= 0.3 is 0 Å². The van der Waals surface area contributed by atoms with E-state index in [0.717, 1.165) is 19.7 Å². The summed E-state index contributed by atoms with van der Waals surface area (Å²) in [5, 5.41) is 3.37. The molecule has 0 saturated carbocycles. The number of nitrogens with zero attached hydrogens (tertiary/aromatic N) is 1. The highest BCUT2D eigenvalue weighted by Crippen LogP contribution is 2.04. The average Bonchev–Trinajstić information content (AvgIpc) is 2.28. The number of ether oxygens (including phenoxy) is 1. The van der Waals surface area contributed by atoms with Gasteiger partial charge in [0.1, 0.15) is 0 Å². The molecule has 4 heteroatoms. The molecule has 0 amide bonds. The van der Waals surface area contributed by atoms with E-state index in [1.165, 1.54) is 25.1 Å². The Labute approximate surface area is 105 Å². The normalized spacial score (nSPS) is 13.3. The van der Waals surface area contributed by atoms with Crippen molar-refractivity contribution < 1.29 is 4.74 Å². The van der Waals surface area contributed by atoms with Crippen LogP contribution in [0, 0.1) is 0 Å². The Morgan fingerprint density at radius 1 is 1.31 bits per heavy atom. The number of nitrogens with one attached hydrogen (secondary N) is 1. The van der Waals surface area contributed by atoms with E-state index >= 15 is 0 Å². The van der Waals surface area contributed by atoms with E-state index in [4.69, 9.17) is 4.74 Å². The molecule has 0 bridgehead atoms. The van der Waals surface area contributed by atoms with Gasteiger partial charge in [-0.25, -0.2) is 0 Å². The van der Waals surface area contributed by atoms with E-state index in [0.29, 0.717) is 6.04 Å². The summed E-state index contributed by atoms with van der Waals surface area (Å²) < 4.78 is 4.97. The molecule has 0 saturated heterocycles. The van der Waals surface area contributed by atoms with Crippen LogP contribution in [0.3, 0.4) is 0 Å². The largest absolute Gasteiger partial charge is 0.383 e. The zero-order chi connectivity index (χ0) is 12.2. The van der Waals surface area contributed by atoms with Crippen molar-refractivity contribution >= 4 is 11.8 Å². The fourth-order valence-corrected chi connectivity index (χ4v) is 2.24. The van der Waals surface area contributed by atoms with Crippen LogP contribution in [-0.4, -0.2) is 63.3 Å². The first kappa shape index (κ1) is 16.2. The third-order valence-corrected chi connectivity index (χ3v) is 3.57. The first-order chi connectivity index (χ1) is 7.72. The van der Waals surface area contributed by atoms with Gasteiger partial charge in [0.05, 0.1) is 6.61 Å². The number of methoxy groups -OCH3 is 1. The highest BCUT2D eigenvalue weighted by molar-refractivity contribution is 7.98. The smallest absolute Gasteiger partial charge is 0.0587 e. The van der Waals surface area contributed by atoms with E-state index in [2.05, 4.69) is 30.4 Å². The molecule has 0 aliphatic carbocycles. The molecule has 1 N–H and O–H groups in total. The topological polar surface area (TPSA) is 24.5 Å². The summed E-state index contributed by atoms with van der Waals surface area (Å²) in [4.78, 5) is 2.45. The highest BCUT2D eigenvalue weighted by atomic mass is 32.2. The Balaban J connectivity index is 3.23. The van der Waals surface area contributed by atoms with Gasteiger partial charge < -0.3 is 15.0 Å². The lowest BCUT2D eigenvalue weighted by Gasteiger charge is -2.23. The van der Waals surface area contributed by atoms with Crippen LogP contribution < -0.4 is 5.32 Å². The number of hydrogen-bond acceptors (Lipinski definition) is 4. The van der Waals surface area contributed by atoms with Gasteiger partial charge in [0.25, 0.3) is 0 Å². The number of rotatable bonds is 11. The van der Waals surface area contributed by atoms with Crippen molar-refractivity contribution in [3.8, 4) is 0 Å². The summed E-state index contributed by atoms with van der Waals surface area (Å²) in [6.07, 6.45) is 4.69. The molecule has 98 valence electrons. The van der Waals surface area contributed by atoms with Crippen LogP contribution in [0.5, 0.6) is 0 Å². The molecular formula is C12H28N2OS. The summed E-state index contributed by atoms with van der Waals surface area (Å²) >= 11 is 1.92. The predicted octanol–water partition coefficient (Wildman–Crippen LogP) is 1.69. The zero-order valence-electron chi connectivity index (χ0n) is 11.3. The molecule has 0 aliphatic heterocycles. The van der Waals surface area contributed by atoms with Crippen molar-refractivity contribution in [2.75, 3.05) is 52.4 Å². The van der Waals surface area contributed by atoms with Crippen LogP contribution >= 0.6 is 11.8 Å². The molecule has 1 atom stereocenters. The van der Waals surface area contributed by atoms with Crippen LogP contribution in [0.25, 0.3) is 0 Å². The number of unbranched alkanes of at least 4 members (excludes halogenated alkanes) is 1. The molecule has 0 radical (unpaired) electrons. The van der Waals surface area contributed by atoms with E-state index in [1.54, 1.807) is 7.11 Å². The number of thioether (sulfide) groups is 1. The third kappa shape index (κ3) is 9.46. The van der Waals surface area contributed by atoms with Crippen molar-refractivity contribution in [1.82, 2.24) is 10.2 Å². The lowest BCUT2D eigenvalue weighted by molar-refractivity contribution is 0.199. The van der Waals surface area contributed by atoms with Crippen molar-refractivity contribution in [3.05, 3.63) is 0 Å². The Hall–Kier alpha value is 0.230. The molecule has 3 nitrogen and oxygen atoms in total. The Kier molecular flexibility index (Phi) is 11.9. The lowest BCUT2D eigenvalue weighted by Crippen LogP contribution is -2.32. The second-order valence-electron chi connectivity index (χ2n) is 4.23. The Morgan fingerprint density at radius 2 is 2.06 bits per heavy atom. The fourth-order valence-electron chi connectivity index (χ4n) is 1.50. The average molecular weight is 248 g/mol. The van der Waals surface area contributed by atoms with Crippen LogP contribution in [-0.2, 0) is 4.74 Å². The quantitative estimate of drug-likeness (QED) is 0.562. The molecule has 1 unspecified atom stereocenters. The van der Waals surface area contributed by atoms with Crippen molar-refractivity contribution in [2.24, 2.45) is 0 Å². The molecule has 0 rings (SSSR count). The van der Waals surface area contributed by atoms with Crippen molar-refractivity contribution in [1.29, 1.82) is 0 Å². The monoisotopic (exact) mass is 248 g/mol. The molecule has 0 heterocycles. The van der Waals surface area contributed by atoms with Gasteiger partial charge in [0, 0.05) is 25.4 Å². The summed E-state index contributed by atoms with van der Waals surface area (Å²) in [6.45, 7) is 6.38.